The fourth-order valence-electron chi connectivity index (χ4n) is 3.85. The van der Waals surface area contributed by atoms with E-state index in [1.807, 2.05) is 0 Å². The van der Waals surface area contributed by atoms with E-state index in [0.29, 0.717) is 23.7 Å². The summed E-state index contributed by atoms with van der Waals surface area (Å²) in [6, 6.07) is 4.68. The standard InChI is InChI=1S/C18H23N3O4S2/c22-17-16(18(23)21-9-3-4-10-21)26-15-8-7-13(11-14(15)19-17)27(24,25)20-12-5-1-2-6-12/h7-8,11-12,16,20H,1-6,9-10H2,(H,19,22)/t16-/m1/s1. The van der Waals surface area contributed by atoms with Crippen LogP contribution in [0.3, 0.4) is 0 Å². The summed E-state index contributed by atoms with van der Waals surface area (Å²) in [4.78, 5) is 27.6. The topological polar surface area (TPSA) is 95.6 Å². The molecule has 0 unspecified atom stereocenters. The lowest BCUT2D eigenvalue weighted by Gasteiger charge is -2.27. The molecule has 0 spiro atoms. The number of anilines is 1. The number of benzene rings is 1. The number of sulfonamides is 1. The van der Waals surface area contributed by atoms with Gasteiger partial charge in [0.15, 0.2) is 5.25 Å². The maximum absolute atomic E-state index is 12.6. The van der Waals surface area contributed by atoms with Gasteiger partial charge in [-0.15, -0.1) is 11.8 Å². The number of nitrogens with zero attached hydrogens (tertiary/aromatic N) is 1. The van der Waals surface area contributed by atoms with Crippen LogP contribution >= 0.6 is 11.8 Å². The average Bonchev–Trinajstić information content (AvgIpc) is 3.33. The normalized spacial score (nSPS) is 23.3. The Morgan fingerprint density at radius 2 is 1.85 bits per heavy atom. The second-order valence-electron chi connectivity index (χ2n) is 7.28. The van der Waals surface area contributed by atoms with Crippen molar-refractivity contribution in [1.82, 2.24) is 9.62 Å². The van der Waals surface area contributed by atoms with Crippen LogP contribution in [0.1, 0.15) is 38.5 Å². The van der Waals surface area contributed by atoms with Gasteiger partial charge in [0.2, 0.25) is 21.8 Å². The van der Waals surface area contributed by atoms with Crippen LogP contribution in [-0.4, -0.2) is 49.5 Å². The number of fused-ring (bicyclic) bond motifs is 1. The van der Waals surface area contributed by atoms with E-state index in [4.69, 9.17) is 0 Å². The lowest BCUT2D eigenvalue weighted by Crippen LogP contribution is -2.43. The molecule has 0 aromatic heterocycles. The molecular weight excluding hydrogens is 386 g/mol. The van der Waals surface area contributed by atoms with Gasteiger partial charge in [0.25, 0.3) is 0 Å². The first-order chi connectivity index (χ1) is 12.9. The van der Waals surface area contributed by atoms with Gasteiger partial charge >= 0.3 is 0 Å². The van der Waals surface area contributed by atoms with E-state index in [0.717, 1.165) is 38.5 Å². The highest BCUT2D eigenvalue weighted by Gasteiger charge is 2.37. The molecule has 3 aliphatic rings. The minimum Gasteiger partial charge on any atom is -0.341 e. The van der Waals surface area contributed by atoms with E-state index in [-0.39, 0.29) is 22.8 Å². The SMILES string of the molecule is O=C1Nc2cc(S(=O)(=O)NC3CCCC3)ccc2S[C@H]1C(=O)N1CCCC1. The average molecular weight is 410 g/mol. The Kier molecular flexibility index (Phi) is 5.17. The zero-order valence-electron chi connectivity index (χ0n) is 14.9. The number of hydrogen-bond donors (Lipinski definition) is 2. The third kappa shape index (κ3) is 3.86. The molecule has 2 heterocycles. The monoisotopic (exact) mass is 409 g/mol. The fraction of sp³-hybridized carbons (Fsp3) is 0.556. The van der Waals surface area contributed by atoms with Crippen LogP contribution in [0, 0.1) is 0 Å². The van der Waals surface area contributed by atoms with Crippen molar-refractivity contribution < 1.29 is 18.0 Å². The van der Waals surface area contributed by atoms with Crippen molar-refractivity contribution in [3.63, 3.8) is 0 Å². The third-order valence-electron chi connectivity index (χ3n) is 5.32. The van der Waals surface area contributed by atoms with Crippen LogP contribution < -0.4 is 10.0 Å². The Labute approximate surface area is 163 Å². The van der Waals surface area contributed by atoms with Crippen LogP contribution in [0.2, 0.25) is 0 Å². The van der Waals surface area contributed by atoms with E-state index >= 15 is 0 Å². The summed E-state index contributed by atoms with van der Waals surface area (Å²) in [7, 11) is -3.62. The molecule has 2 N–H and O–H groups in total. The molecule has 146 valence electrons. The van der Waals surface area contributed by atoms with Crippen molar-refractivity contribution in [1.29, 1.82) is 0 Å². The minimum absolute atomic E-state index is 0.0162. The molecular formula is C18H23N3O4S2. The van der Waals surface area contributed by atoms with Crippen LogP contribution in [0.4, 0.5) is 5.69 Å². The molecule has 27 heavy (non-hydrogen) atoms. The second-order valence-corrected chi connectivity index (χ2v) is 10.1. The zero-order valence-corrected chi connectivity index (χ0v) is 16.6. The summed E-state index contributed by atoms with van der Waals surface area (Å²) in [6.07, 6.45) is 5.73. The minimum atomic E-state index is -3.62. The number of hydrogen-bond acceptors (Lipinski definition) is 5. The lowest BCUT2D eigenvalue weighted by molar-refractivity contribution is -0.133. The number of amides is 2. The fourth-order valence-corrected chi connectivity index (χ4v) is 6.24. The van der Waals surface area contributed by atoms with E-state index in [1.165, 1.54) is 23.9 Å². The Balaban J connectivity index is 1.52. The van der Waals surface area contributed by atoms with Crippen molar-refractivity contribution in [3.05, 3.63) is 18.2 Å². The van der Waals surface area contributed by atoms with Crippen molar-refractivity contribution in [2.24, 2.45) is 0 Å². The van der Waals surface area contributed by atoms with Crippen LogP contribution in [0.15, 0.2) is 28.0 Å². The Morgan fingerprint density at radius 1 is 1.15 bits per heavy atom. The molecule has 1 aromatic rings. The summed E-state index contributed by atoms with van der Waals surface area (Å²) in [5, 5.41) is 1.91. The summed E-state index contributed by atoms with van der Waals surface area (Å²) < 4.78 is 28.0. The Hall–Kier alpha value is -1.58. The first-order valence-corrected chi connectivity index (χ1v) is 11.7. The summed E-state index contributed by atoms with van der Waals surface area (Å²) in [6.45, 7) is 1.39. The van der Waals surface area contributed by atoms with Crippen LogP contribution in [0.25, 0.3) is 0 Å². The highest BCUT2D eigenvalue weighted by atomic mass is 32.2. The van der Waals surface area contributed by atoms with Crippen molar-refractivity contribution in [2.75, 3.05) is 18.4 Å². The Bertz CT molecular complexity index is 859. The predicted molar refractivity (Wildman–Crippen MR) is 103 cm³/mol. The van der Waals surface area contributed by atoms with Gasteiger partial charge in [-0.1, -0.05) is 12.8 Å². The smallest absolute Gasteiger partial charge is 0.247 e. The molecule has 0 bridgehead atoms. The van der Waals surface area contributed by atoms with E-state index in [9.17, 15) is 18.0 Å². The zero-order chi connectivity index (χ0) is 19.0. The Morgan fingerprint density at radius 3 is 2.56 bits per heavy atom. The number of likely N-dealkylation sites (tertiary alicyclic amines) is 1. The summed E-state index contributed by atoms with van der Waals surface area (Å²) >= 11 is 1.19. The molecule has 0 radical (unpaired) electrons. The van der Waals surface area contributed by atoms with Gasteiger partial charge < -0.3 is 10.2 Å². The first-order valence-electron chi connectivity index (χ1n) is 9.37. The molecule has 2 aliphatic heterocycles. The lowest BCUT2D eigenvalue weighted by atomic mass is 10.2. The number of nitrogens with one attached hydrogen (secondary N) is 2. The number of carbonyl (C=O) groups is 2. The van der Waals surface area contributed by atoms with Crippen molar-refractivity contribution in [2.45, 2.75) is 59.6 Å². The highest BCUT2D eigenvalue weighted by molar-refractivity contribution is 8.01. The van der Waals surface area contributed by atoms with E-state index < -0.39 is 15.3 Å². The maximum Gasteiger partial charge on any atom is 0.247 e. The molecule has 1 aliphatic carbocycles. The largest absolute Gasteiger partial charge is 0.341 e. The van der Waals surface area contributed by atoms with Gasteiger partial charge in [-0.2, -0.15) is 0 Å². The number of rotatable bonds is 4. The number of carbonyl (C=O) groups excluding carboxylic acids is 2. The van der Waals surface area contributed by atoms with Crippen molar-refractivity contribution >= 4 is 39.3 Å². The van der Waals surface area contributed by atoms with Gasteiger partial charge in [0.1, 0.15) is 0 Å². The number of thioether (sulfide) groups is 1. The summed E-state index contributed by atoms with van der Waals surface area (Å²) in [5.41, 5.74) is 0.449. The van der Waals surface area contributed by atoms with Crippen LogP contribution in [-0.2, 0) is 19.6 Å². The van der Waals surface area contributed by atoms with E-state index in [2.05, 4.69) is 10.0 Å². The van der Waals surface area contributed by atoms with Gasteiger partial charge in [0, 0.05) is 24.0 Å². The van der Waals surface area contributed by atoms with Crippen LogP contribution in [0.5, 0.6) is 0 Å². The molecule has 1 saturated carbocycles. The molecule has 2 amide bonds. The molecule has 7 nitrogen and oxygen atoms in total. The van der Waals surface area contributed by atoms with Gasteiger partial charge in [-0.3, -0.25) is 9.59 Å². The predicted octanol–water partition coefficient (Wildman–Crippen LogP) is 1.94. The molecule has 9 heteroatoms. The summed E-state index contributed by atoms with van der Waals surface area (Å²) in [5.74, 6) is -0.553. The third-order valence-corrected chi connectivity index (χ3v) is 8.10. The maximum atomic E-state index is 12.6. The highest BCUT2D eigenvalue weighted by Crippen LogP contribution is 2.38. The quantitative estimate of drug-likeness (QED) is 0.741. The molecule has 1 saturated heterocycles. The second kappa shape index (κ2) is 7.44. The van der Waals surface area contributed by atoms with Gasteiger partial charge in [-0.05, 0) is 43.9 Å². The van der Waals surface area contributed by atoms with Gasteiger partial charge in [-0.25, -0.2) is 13.1 Å². The first kappa shape index (κ1) is 18.8. The van der Waals surface area contributed by atoms with Crippen molar-refractivity contribution in [3.8, 4) is 0 Å². The van der Waals surface area contributed by atoms with E-state index in [1.54, 1.807) is 11.0 Å². The van der Waals surface area contributed by atoms with Gasteiger partial charge in [0.05, 0.1) is 10.6 Å². The molecule has 4 rings (SSSR count). The molecule has 1 aromatic carbocycles. The molecule has 1 atom stereocenters. The molecule has 2 fully saturated rings.